The standard InChI is InChI=1S/C13H17N3O3S/c1-16-7-11(4-5-15-9-17)12-6-10(2-3-13(12)16)8-20(14,18)19/h2-3,6-7,9H,4-5,8H2,1H3,(H,15,17)(H2,14,18,19). The number of fused-ring (bicyclic) bond motifs is 1. The number of hydrogen-bond acceptors (Lipinski definition) is 3. The van der Waals surface area contributed by atoms with Crippen molar-refractivity contribution in [3.8, 4) is 0 Å². The van der Waals surface area contributed by atoms with Gasteiger partial charge in [-0.05, 0) is 29.7 Å². The first kappa shape index (κ1) is 14.5. The zero-order chi connectivity index (χ0) is 14.8. The van der Waals surface area contributed by atoms with E-state index in [4.69, 9.17) is 5.14 Å². The van der Waals surface area contributed by atoms with Crippen molar-refractivity contribution in [3.63, 3.8) is 0 Å². The van der Waals surface area contributed by atoms with Crippen molar-refractivity contribution in [2.75, 3.05) is 6.54 Å². The summed E-state index contributed by atoms with van der Waals surface area (Å²) in [6.07, 6.45) is 3.34. The Hall–Kier alpha value is -1.86. The number of nitrogens with two attached hydrogens (primary N) is 1. The Kier molecular flexibility index (Phi) is 4.10. The van der Waals surface area contributed by atoms with Crippen LogP contribution in [-0.4, -0.2) is 25.9 Å². The predicted molar refractivity (Wildman–Crippen MR) is 77.5 cm³/mol. The summed E-state index contributed by atoms with van der Waals surface area (Å²) in [6.45, 7) is 0.544. The molecule has 0 aliphatic rings. The number of hydrogen-bond donors (Lipinski definition) is 2. The Balaban J connectivity index is 2.38. The molecular formula is C13H17N3O3S. The van der Waals surface area contributed by atoms with Crippen molar-refractivity contribution in [2.24, 2.45) is 12.2 Å². The molecule has 0 spiro atoms. The minimum atomic E-state index is -3.54. The number of aromatic nitrogens is 1. The van der Waals surface area contributed by atoms with Crippen LogP contribution in [0.5, 0.6) is 0 Å². The van der Waals surface area contributed by atoms with E-state index in [1.807, 2.05) is 29.9 Å². The molecule has 1 heterocycles. The summed E-state index contributed by atoms with van der Waals surface area (Å²) < 4.78 is 24.3. The average Bonchev–Trinajstić information content (AvgIpc) is 2.64. The number of primary sulfonamides is 1. The molecule has 20 heavy (non-hydrogen) atoms. The van der Waals surface area contributed by atoms with Crippen molar-refractivity contribution in [3.05, 3.63) is 35.5 Å². The summed E-state index contributed by atoms with van der Waals surface area (Å²) in [4.78, 5) is 10.3. The number of rotatable bonds is 6. The van der Waals surface area contributed by atoms with Gasteiger partial charge in [0.1, 0.15) is 0 Å². The average molecular weight is 295 g/mol. The normalized spacial score (nSPS) is 11.7. The third-order valence-corrected chi connectivity index (χ3v) is 3.86. The number of carbonyl (C=O) groups excluding carboxylic acids is 1. The van der Waals surface area contributed by atoms with Gasteiger partial charge >= 0.3 is 0 Å². The maximum atomic E-state index is 11.2. The lowest BCUT2D eigenvalue weighted by Gasteiger charge is -2.03. The highest BCUT2D eigenvalue weighted by Gasteiger charge is 2.10. The van der Waals surface area contributed by atoms with E-state index in [2.05, 4.69) is 5.32 Å². The lowest BCUT2D eigenvalue weighted by molar-refractivity contribution is -0.109. The van der Waals surface area contributed by atoms with Crippen molar-refractivity contribution < 1.29 is 13.2 Å². The quantitative estimate of drug-likeness (QED) is 0.591. The maximum Gasteiger partial charge on any atom is 0.213 e. The first-order chi connectivity index (χ1) is 9.40. The molecule has 0 atom stereocenters. The monoisotopic (exact) mass is 295 g/mol. The molecule has 0 fully saturated rings. The van der Waals surface area contributed by atoms with Crippen LogP contribution in [-0.2, 0) is 34.0 Å². The minimum Gasteiger partial charge on any atom is -0.358 e. The first-order valence-electron chi connectivity index (χ1n) is 6.15. The summed E-state index contributed by atoms with van der Waals surface area (Å²) in [5, 5.41) is 8.68. The van der Waals surface area contributed by atoms with Gasteiger partial charge in [0.15, 0.2) is 0 Å². The van der Waals surface area contributed by atoms with Crippen LogP contribution < -0.4 is 10.5 Å². The lowest BCUT2D eigenvalue weighted by atomic mass is 10.1. The number of amides is 1. The van der Waals surface area contributed by atoms with E-state index in [1.54, 1.807) is 6.07 Å². The molecule has 1 amide bonds. The summed E-state index contributed by atoms with van der Waals surface area (Å²) in [5.41, 5.74) is 2.74. The highest BCUT2D eigenvalue weighted by atomic mass is 32.2. The van der Waals surface area contributed by atoms with Crippen LogP contribution in [0, 0.1) is 0 Å². The van der Waals surface area contributed by atoms with Crippen LogP contribution in [0.3, 0.4) is 0 Å². The highest BCUT2D eigenvalue weighted by molar-refractivity contribution is 7.88. The molecule has 108 valence electrons. The van der Waals surface area contributed by atoms with Gasteiger partial charge in [0.2, 0.25) is 16.4 Å². The van der Waals surface area contributed by atoms with E-state index in [0.29, 0.717) is 24.9 Å². The molecular weight excluding hydrogens is 278 g/mol. The lowest BCUT2D eigenvalue weighted by Crippen LogP contribution is -2.14. The van der Waals surface area contributed by atoms with Crippen LogP contribution in [0.2, 0.25) is 0 Å². The van der Waals surface area contributed by atoms with Gasteiger partial charge in [0, 0.05) is 30.7 Å². The molecule has 0 unspecified atom stereocenters. The van der Waals surface area contributed by atoms with Crippen molar-refractivity contribution in [1.29, 1.82) is 0 Å². The van der Waals surface area contributed by atoms with Crippen LogP contribution >= 0.6 is 0 Å². The van der Waals surface area contributed by atoms with E-state index in [-0.39, 0.29) is 5.75 Å². The molecule has 1 aromatic carbocycles. The molecule has 0 bridgehead atoms. The Morgan fingerprint density at radius 3 is 2.80 bits per heavy atom. The fourth-order valence-electron chi connectivity index (χ4n) is 2.31. The Morgan fingerprint density at radius 2 is 2.15 bits per heavy atom. The molecule has 0 aliphatic carbocycles. The van der Waals surface area contributed by atoms with Crippen molar-refractivity contribution in [2.45, 2.75) is 12.2 Å². The van der Waals surface area contributed by atoms with Gasteiger partial charge in [-0.1, -0.05) is 6.07 Å². The number of nitrogens with one attached hydrogen (secondary N) is 1. The largest absolute Gasteiger partial charge is 0.358 e. The summed E-state index contributed by atoms with van der Waals surface area (Å²) >= 11 is 0. The second kappa shape index (κ2) is 5.64. The molecule has 2 aromatic rings. The molecule has 2 rings (SSSR count). The molecule has 3 N–H and O–H groups in total. The van der Waals surface area contributed by atoms with Crippen LogP contribution in [0.1, 0.15) is 11.1 Å². The molecule has 0 saturated heterocycles. The molecule has 0 radical (unpaired) electrons. The van der Waals surface area contributed by atoms with Gasteiger partial charge in [0.05, 0.1) is 5.75 Å². The second-order valence-corrected chi connectivity index (χ2v) is 6.36. The number of aryl methyl sites for hydroxylation is 1. The zero-order valence-corrected chi connectivity index (χ0v) is 12.0. The van der Waals surface area contributed by atoms with Gasteiger partial charge in [-0.15, -0.1) is 0 Å². The van der Waals surface area contributed by atoms with E-state index in [9.17, 15) is 13.2 Å². The topological polar surface area (TPSA) is 94.2 Å². The van der Waals surface area contributed by atoms with Gasteiger partial charge < -0.3 is 9.88 Å². The third kappa shape index (κ3) is 3.37. The third-order valence-electron chi connectivity index (χ3n) is 3.13. The minimum absolute atomic E-state index is 0.177. The second-order valence-electron chi connectivity index (χ2n) is 4.75. The fraction of sp³-hybridized carbons (Fsp3) is 0.308. The Morgan fingerprint density at radius 1 is 1.40 bits per heavy atom. The zero-order valence-electron chi connectivity index (χ0n) is 11.2. The van der Waals surface area contributed by atoms with E-state index in [0.717, 1.165) is 16.5 Å². The van der Waals surface area contributed by atoms with Crippen LogP contribution in [0.25, 0.3) is 10.9 Å². The molecule has 0 aliphatic heterocycles. The Bertz CT molecular complexity index is 735. The predicted octanol–water partition coefficient (Wildman–Crippen LogP) is 0.255. The molecule has 0 saturated carbocycles. The number of benzene rings is 1. The fourth-order valence-corrected chi connectivity index (χ4v) is 2.95. The highest BCUT2D eigenvalue weighted by Crippen LogP contribution is 2.23. The number of carbonyl (C=O) groups is 1. The summed E-state index contributed by atoms with van der Waals surface area (Å²) in [6, 6.07) is 5.49. The van der Waals surface area contributed by atoms with Gasteiger partial charge in [-0.3, -0.25) is 4.79 Å². The number of sulfonamides is 1. The van der Waals surface area contributed by atoms with E-state index < -0.39 is 10.0 Å². The van der Waals surface area contributed by atoms with E-state index in [1.165, 1.54) is 0 Å². The van der Waals surface area contributed by atoms with Crippen molar-refractivity contribution in [1.82, 2.24) is 9.88 Å². The maximum absolute atomic E-state index is 11.2. The summed E-state index contributed by atoms with van der Waals surface area (Å²) in [7, 11) is -1.61. The SMILES string of the molecule is Cn1cc(CCNC=O)c2cc(CS(N)(=O)=O)ccc21. The van der Waals surface area contributed by atoms with Crippen LogP contribution in [0.15, 0.2) is 24.4 Å². The molecule has 7 heteroatoms. The first-order valence-corrected chi connectivity index (χ1v) is 7.86. The smallest absolute Gasteiger partial charge is 0.213 e. The molecule has 6 nitrogen and oxygen atoms in total. The molecule has 1 aromatic heterocycles. The summed E-state index contributed by atoms with van der Waals surface area (Å²) in [5.74, 6) is -0.177. The van der Waals surface area contributed by atoms with Crippen LogP contribution in [0.4, 0.5) is 0 Å². The number of nitrogens with zero attached hydrogens (tertiary/aromatic N) is 1. The van der Waals surface area contributed by atoms with Gasteiger partial charge in [0.25, 0.3) is 0 Å². The van der Waals surface area contributed by atoms with Crippen molar-refractivity contribution >= 4 is 27.3 Å². The van der Waals surface area contributed by atoms with E-state index >= 15 is 0 Å². The van der Waals surface area contributed by atoms with Gasteiger partial charge in [-0.2, -0.15) is 0 Å². The Labute approximate surface area is 117 Å². The van der Waals surface area contributed by atoms with Gasteiger partial charge in [-0.25, -0.2) is 13.6 Å².